The first-order chi connectivity index (χ1) is 20.1. The molecule has 230 valence electrons. The fourth-order valence-electron chi connectivity index (χ4n) is 5.19. The van der Waals surface area contributed by atoms with Crippen molar-refractivity contribution >= 4 is 40.6 Å². The maximum atomic E-state index is 13.7. The lowest BCUT2D eigenvalue weighted by Crippen LogP contribution is -2.57. The number of unbranched alkanes of at least 4 members (excludes halogenated alkanes) is 1. The van der Waals surface area contributed by atoms with E-state index in [2.05, 4.69) is 20.6 Å². The van der Waals surface area contributed by atoms with E-state index in [0.717, 1.165) is 16.5 Å². The van der Waals surface area contributed by atoms with Gasteiger partial charge >= 0.3 is 5.97 Å². The molecule has 4 unspecified atom stereocenters. The van der Waals surface area contributed by atoms with E-state index in [0.29, 0.717) is 45.2 Å². The Hall–Kier alpha value is -4.17. The summed E-state index contributed by atoms with van der Waals surface area (Å²) in [6.45, 7) is 0.965. The number of guanidine groups is 1. The van der Waals surface area contributed by atoms with Crippen LogP contribution in [0.25, 0.3) is 10.9 Å². The number of carboxylic acid groups (broad SMARTS) is 1. The number of nitrogens with one attached hydrogen (secondary N) is 3. The molecule has 0 aliphatic carbocycles. The van der Waals surface area contributed by atoms with Crippen LogP contribution in [-0.4, -0.2) is 88.4 Å². The third kappa shape index (κ3) is 8.91. The summed E-state index contributed by atoms with van der Waals surface area (Å²) in [5.41, 5.74) is 24.4. The van der Waals surface area contributed by atoms with Gasteiger partial charge in [-0.1, -0.05) is 18.2 Å². The van der Waals surface area contributed by atoms with Crippen LogP contribution in [-0.2, 0) is 25.6 Å². The number of nitrogens with zero attached hydrogens (tertiary/aromatic N) is 2. The van der Waals surface area contributed by atoms with Gasteiger partial charge in [-0.25, -0.2) is 4.79 Å². The van der Waals surface area contributed by atoms with Crippen molar-refractivity contribution in [2.75, 3.05) is 19.6 Å². The molecule has 2 heterocycles. The molecule has 1 aromatic carbocycles. The molecule has 12 N–H and O–H groups in total. The number of para-hydroxylation sites is 1. The second kappa shape index (κ2) is 15.7. The molecule has 3 rings (SSSR count). The number of H-pyrrole nitrogens is 1. The monoisotopic (exact) mass is 585 g/mol. The second-order valence-electron chi connectivity index (χ2n) is 10.6. The Morgan fingerprint density at radius 1 is 1.07 bits per heavy atom. The second-order valence-corrected chi connectivity index (χ2v) is 10.6. The number of benzene rings is 1. The average molecular weight is 586 g/mol. The molecule has 0 saturated carbocycles. The van der Waals surface area contributed by atoms with Gasteiger partial charge in [-0.15, -0.1) is 0 Å². The van der Waals surface area contributed by atoms with Crippen LogP contribution in [0.15, 0.2) is 35.5 Å². The highest BCUT2D eigenvalue weighted by Gasteiger charge is 2.39. The number of carbonyl (C=O) groups is 4. The van der Waals surface area contributed by atoms with Crippen LogP contribution in [0.5, 0.6) is 0 Å². The van der Waals surface area contributed by atoms with E-state index in [-0.39, 0.29) is 31.8 Å². The molecule has 42 heavy (non-hydrogen) atoms. The number of likely N-dealkylation sites (tertiary alicyclic amines) is 1. The number of fused-ring (bicyclic) bond motifs is 1. The van der Waals surface area contributed by atoms with E-state index in [4.69, 9.17) is 22.9 Å². The minimum Gasteiger partial charge on any atom is -0.480 e. The lowest BCUT2D eigenvalue weighted by molar-refractivity contribution is -0.145. The Kier molecular flexibility index (Phi) is 12.1. The summed E-state index contributed by atoms with van der Waals surface area (Å²) < 4.78 is 0. The van der Waals surface area contributed by atoms with Crippen LogP contribution >= 0.6 is 0 Å². The summed E-state index contributed by atoms with van der Waals surface area (Å²) in [6, 6.07) is 3.82. The van der Waals surface area contributed by atoms with Crippen LogP contribution in [0, 0.1) is 0 Å². The SMILES string of the molecule is NCCCCC(NC(=O)C1CCCN1C(=O)C(CCCN=C(N)N)NC(=O)C(N)Cc1c[nH]c2ccccc12)C(=O)O. The molecule has 14 nitrogen and oxygen atoms in total. The van der Waals surface area contributed by atoms with Gasteiger partial charge in [-0.2, -0.15) is 0 Å². The summed E-state index contributed by atoms with van der Waals surface area (Å²) in [4.78, 5) is 60.3. The maximum absolute atomic E-state index is 13.7. The third-order valence-corrected chi connectivity index (χ3v) is 7.41. The van der Waals surface area contributed by atoms with Crippen molar-refractivity contribution in [2.24, 2.45) is 27.9 Å². The number of rotatable bonds is 16. The Bertz CT molecular complexity index is 1260. The fraction of sp³-hybridized carbons (Fsp3) is 0.536. The molecule has 2 aromatic rings. The molecule has 0 radical (unpaired) electrons. The zero-order valence-electron chi connectivity index (χ0n) is 23.8. The number of hydrogen-bond acceptors (Lipinski definition) is 7. The highest BCUT2D eigenvalue weighted by molar-refractivity contribution is 5.95. The average Bonchev–Trinajstić information content (AvgIpc) is 3.61. The standard InChI is InChI=1S/C28H43N9O5/c29-12-4-3-9-22(27(41)42)36-25(39)23-11-6-14-37(23)26(40)21(10-5-13-33-28(31)32)35-24(38)19(30)15-17-16-34-20-8-2-1-7-18(17)20/h1-2,7-8,16,19,21-23,34H,3-6,9-15,29-30H2,(H,35,38)(H,36,39)(H,41,42)(H4,31,32,33). The van der Waals surface area contributed by atoms with Crippen LogP contribution in [0.2, 0.25) is 0 Å². The number of carbonyl (C=O) groups excluding carboxylic acids is 3. The van der Waals surface area contributed by atoms with Gasteiger partial charge in [0.25, 0.3) is 0 Å². The number of aliphatic carboxylic acids is 1. The van der Waals surface area contributed by atoms with Gasteiger partial charge < -0.3 is 48.6 Å². The van der Waals surface area contributed by atoms with Crippen LogP contribution < -0.4 is 33.6 Å². The molecule has 1 aliphatic rings. The number of nitrogens with two attached hydrogens (primary N) is 4. The van der Waals surface area contributed by atoms with Crippen LogP contribution in [0.4, 0.5) is 0 Å². The first kappa shape index (κ1) is 32.3. The first-order valence-corrected chi connectivity index (χ1v) is 14.3. The molecular formula is C28H43N9O5. The van der Waals surface area contributed by atoms with Crippen molar-refractivity contribution in [1.29, 1.82) is 0 Å². The predicted molar refractivity (Wildman–Crippen MR) is 159 cm³/mol. The molecule has 1 fully saturated rings. The van der Waals surface area contributed by atoms with Gasteiger partial charge in [-0.3, -0.25) is 19.4 Å². The highest BCUT2D eigenvalue weighted by Crippen LogP contribution is 2.21. The number of aromatic nitrogens is 1. The Labute approximate surface area is 244 Å². The van der Waals surface area contributed by atoms with Crippen molar-refractivity contribution < 1.29 is 24.3 Å². The number of carboxylic acids is 1. The first-order valence-electron chi connectivity index (χ1n) is 14.3. The zero-order valence-corrected chi connectivity index (χ0v) is 23.8. The van der Waals surface area contributed by atoms with Crippen LogP contribution in [0.3, 0.4) is 0 Å². The Morgan fingerprint density at radius 3 is 2.52 bits per heavy atom. The largest absolute Gasteiger partial charge is 0.480 e. The molecule has 4 atom stereocenters. The Balaban J connectivity index is 1.70. The van der Waals surface area contributed by atoms with Gasteiger partial charge in [0.15, 0.2) is 5.96 Å². The third-order valence-electron chi connectivity index (χ3n) is 7.41. The van der Waals surface area contributed by atoms with E-state index in [1.54, 1.807) is 0 Å². The van der Waals surface area contributed by atoms with Crippen molar-refractivity contribution in [1.82, 2.24) is 20.5 Å². The summed E-state index contributed by atoms with van der Waals surface area (Å²) in [6.07, 6.45) is 5.01. The van der Waals surface area contributed by atoms with E-state index in [9.17, 15) is 24.3 Å². The number of aliphatic imine (C=N–C) groups is 1. The van der Waals surface area contributed by atoms with Gasteiger partial charge in [-0.05, 0) is 69.5 Å². The predicted octanol–water partition coefficient (Wildman–Crippen LogP) is -0.734. The van der Waals surface area contributed by atoms with Crippen molar-refractivity contribution in [3.63, 3.8) is 0 Å². The lowest BCUT2D eigenvalue weighted by Gasteiger charge is -2.30. The number of aromatic amines is 1. The summed E-state index contributed by atoms with van der Waals surface area (Å²) in [7, 11) is 0. The minimum absolute atomic E-state index is 0.0848. The van der Waals surface area contributed by atoms with Crippen molar-refractivity contribution in [2.45, 2.75) is 75.5 Å². The van der Waals surface area contributed by atoms with E-state index < -0.39 is 47.9 Å². The van der Waals surface area contributed by atoms with E-state index in [1.165, 1.54) is 4.90 Å². The number of hydrogen-bond donors (Lipinski definition) is 8. The molecular weight excluding hydrogens is 542 g/mol. The van der Waals surface area contributed by atoms with Crippen molar-refractivity contribution in [3.05, 3.63) is 36.0 Å². The molecule has 1 saturated heterocycles. The summed E-state index contributed by atoms with van der Waals surface area (Å²) >= 11 is 0. The van der Waals surface area contributed by atoms with E-state index >= 15 is 0 Å². The molecule has 1 aliphatic heterocycles. The quantitative estimate of drug-likeness (QED) is 0.0701. The smallest absolute Gasteiger partial charge is 0.326 e. The Morgan fingerprint density at radius 2 is 1.81 bits per heavy atom. The zero-order chi connectivity index (χ0) is 30.6. The molecule has 1 aromatic heterocycles. The number of amides is 3. The molecule has 0 spiro atoms. The van der Waals surface area contributed by atoms with Crippen molar-refractivity contribution in [3.8, 4) is 0 Å². The van der Waals surface area contributed by atoms with Gasteiger partial charge in [0.1, 0.15) is 18.1 Å². The molecule has 0 bridgehead atoms. The maximum Gasteiger partial charge on any atom is 0.326 e. The summed E-state index contributed by atoms with van der Waals surface area (Å²) in [5.74, 6) is -2.72. The van der Waals surface area contributed by atoms with Crippen LogP contribution in [0.1, 0.15) is 50.5 Å². The summed E-state index contributed by atoms with van der Waals surface area (Å²) in [5, 5.41) is 15.9. The van der Waals surface area contributed by atoms with E-state index in [1.807, 2.05) is 30.5 Å². The van der Waals surface area contributed by atoms with Gasteiger partial charge in [0.05, 0.1) is 6.04 Å². The normalized spacial score (nSPS) is 16.9. The molecule has 14 heteroatoms. The molecule has 3 amide bonds. The lowest BCUT2D eigenvalue weighted by atomic mass is 10.0. The van der Waals surface area contributed by atoms with Gasteiger partial charge in [0.2, 0.25) is 17.7 Å². The highest BCUT2D eigenvalue weighted by atomic mass is 16.4. The topological polar surface area (TPSA) is 248 Å². The fourth-order valence-corrected chi connectivity index (χ4v) is 5.19. The van der Waals surface area contributed by atoms with Gasteiger partial charge in [0, 0.05) is 30.2 Å². The minimum atomic E-state index is -1.15.